The zero-order chi connectivity index (χ0) is 14.3. The van der Waals surface area contributed by atoms with Crippen molar-refractivity contribution in [1.29, 1.82) is 0 Å². The molecule has 2 unspecified atom stereocenters. The van der Waals surface area contributed by atoms with Gasteiger partial charge in [-0.2, -0.15) is 0 Å². The third-order valence-electron chi connectivity index (χ3n) is 3.51. The first kappa shape index (κ1) is 15.7. The van der Waals surface area contributed by atoms with Gasteiger partial charge in [0, 0.05) is 19.1 Å². The van der Waals surface area contributed by atoms with Gasteiger partial charge in [-0.25, -0.2) is 0 Å². The van der Waals surface area contributed by atoms with Crippen LogP contribution in [0.15, 0.2) is 30.3 Å². The molecule has 1 aromatic rings. The van der Waals surface area contributed by atoms with Crippen molar-refractivity contribution in [2.45, 2.75) is 46.2 Å². The third-order valence-corrected chi connectivity index (χ3v) is 3.51. The molecule has 0 aromatic heterocycles. The lowest BCUT2D eigenvalue weighted by molar-refractivity contribution is -0.132. The molecule has 0 saturated heterocycles. The minimum absolute atomic E-state index is 0.148. The molecule has 0 saturated carbocycles. The van der Waals surface area contributed by atoms with Crippen molar-refractivity contribution in [2.24, 2.45) is 0 Å². The van der Waals surface area contributed by atoms with Gasteiger partial charge in [0.15, 0.2) is 0 Å². The molecule has 0 bridgehead atoms. The Labute approximate surface area is 117 Å². The Hall–Kier alpha value is -1.35. The van der Waals surface area contributed by atoms with E-state index < -0.39 is 0 Å². The first-order chi connectivity index (χ1) is 9.13. The molecule has 0 heterocycles. The Morgan fingerprint density at radius 3 is 2.21 bits per heavy atom. The molecule has 0 radical (unpaired) electrons. The van der Waals surface area contributed by atoms with Crippen LogP contribution in [0.2, 0.25) is 0 Å². The Bertz CT molecular complexity index is 374. The lowest BCUT2D eigenvalue weighted by Gasteiger charge is -2.27. The van der Waals surface area contributed by atoms with E-state index in [1.165, 1.54) is 5.56 Å². The van der Waals surface area contributed by atoms with Crippen LogP contribution in [-0.2, 0) is 4.79 Å². The minimum atomic E-state index is -0.148. The normalized spacial score (nSPS) is 13.9. The standard InChI is InChI=1S/C16H26N2O/c1-5-15(14-11-9-8-10-12-14)17-13(4)16(19)18(6-2)7-3/h8-13,15,17H,5-7H2,1-4H3. The van der Waals surface area contributed by atoms with Crippen molar-refractivity contribution >= 4 is 5.91 Å². The van der Waals surface area contributed by atoms with Gasteiger partial charge in [-0.1, -0.05) is 37.3 Å². The van der Waals surface area contributed by atoms with Crippen LogP contribution in [0.1, 0.15) is 45.7 Å². The number of carbonyl (C=O) groups excluding carboxylic acids is 1. The fourth-order valence-electron chi connectivity index (χ4n) is 2.32. The van der Waals surface area contributed by atoms with Gasteiger partial charge in [-0.15, -0.1) is 0 Å². The van der Waals surface area contributed by atoms with E-state index in [4.69, 9.17) is 0 Å². The van der Waals surface area contributed by atoms with E-state index in [0.29, 0.717) is 0 Å². The molecular formula is C16H26N2O. The van der Waals surface area contributed by atoms with E-state index in [-0.39, 0.29) is 18.0 Å². The lowest BCUT2D eigenvalue weighted by Crippen LogP contribution is -2.45. The lowest BCUT2D eigenvalue weighted by atomic mass is 10.0. The summed E-state index contributed by atoms with van der Waals surface area (Å²) < 4.78 is 0. The second-order valence-electron chi connectivity index (χ2n) is 4.77. The van der Waals surface area contributed by atoms with Gasteiger partial charge >= 0.3 is 0 Å². The van der Waals surface area contributed by atoms with Crippen molar-refractivity contribution in [3.05, 3.63) is 35.9 Å². The van der Waals surface area contributed by atoms with Gasteiger partial charge in [-0.3, -0.25) is 10.1 Å². The molecule has 106 valence electrons. The first-order valence-electron chi connectivity index (χ1n) is 7.23. The maximum atomic E-state index is 12.3. The Morgan fingerprint density at radius 1 is 1.16 bits per heavy atom. The highest BCUT2D eigenvalue weighted by Crippen LogP contribution is 2.17. The molecule has 0 aliphatic heterocycles. The van der Waals surface area contributed by atoms with Crippen LogP contribution in [0.5, 0.6) is 0 Å². The van der Waals surface area contributed by atoms with Crippen molar-refractivity contribution < 1.29 is 4.79 Å². The molecule has 0 fully saturated rings. The smallest absolute Gasteiger partial charge is 0.239 e. The highest BCUT2D eigenvalue weighted by Gasteiger charge is 2.21. The summed E-state index contributed by atoms with van der Waals surface area (Å²) in [6, 6.07) is 10.4. The van der Waals surface area contributed by atoms with Crippen molar-refractivity contribution in [3.8, 4) is 0 Å². The average molecular weight is 262 g/mol. The van der Waals surface area contributed by atoms with E-state index in [9.17, 15) is 4.79 Å². The molecule has 3 nitrogen and oxygen atoms in total. The molecule has 1 N–H and O–H groups in total. The monoisotopic (exact) mass is 262 g/mol. The van der Waals surface area contributed by atoms with E-state index in [0.717, 1.165) is 19.5 Å². The maximum Gasteiger partial charge on any atom is 0.239 e. The summed E-state index contributed by atoms with van der Waals surface area (Å²) in [5.74, 6) is 0.180. The molecular weight excluding hydrogens is 236 g/mol. The summed E-state index contributed by atoms with van der Waals surface area (Å²) in [6.07, 6.45) is 0.972. The molecule has 0 aliphatic rings. The third kappa shape index (κ3) is 4.35. The van der Waals surface area contributed by atoms with Gasteiger partial charge < -0.3 is 4.90 Å². The predicted molar refractivity (Wildman–Crippen MR) is 80.0 cm³/mol. The van der Waals surface area contributed by atoms with Crippen LogP contribution in [0.4, 0.5) is 0 Å². The number of benzene rings is 1. The fourth-order valence-corrected chi connectivity index (χ4v) is 2.32. The van der Waals surface area contributed by atoms with Crippen LogP contribution in [0, 0.1) is 0 Å². The molecule has 1 rings (SSSR count). The van der Waals surface area contributed by atoms with Gasteiger partial charge in [0.1, 0.15) is 0 Å². The Kier molecular flexibility index (Phi) is 6.57. The molecule has 1 amide bonds. The highest BCUT2D eigenvalue weighted by molar-refractivity contribution is 5.81. The summed E-state index contributed by atoms with van der Waals surface area (Å²) in [6.45, 7) is 9.66. The number of rotatable bonds is 7. The van der Waals surface area contributed by atoms with Gasteiger partial charge in [0.2, 0.25) is 5.91 Å². The van der Waals surface area contributed by atoms with Gasteiger partial charge in [0.05, 0.1) is 6.04 Å². The first-order valence-corrected chi connectivity index (χ1v) is 7.23. The SMILES string of the molecule is CCC(NC(C)C(=O)N(CC)CC)c1ccccc1. The average Bonchev–Trinajstić information content (AvgIpc) is 2.46. The summed E-state index contributed by atoms with van der Waals surface area (Å²) in [5.41, 5.74) is 1.24. The van der Waals surface area contributed by atoms with Gasteiger partial charge in [-0.05, 0) is 32.8 Å². The van der Waals surface area contributed by atoms with Crippen LogP contribution in [0.3, 0.4) is 0 Å². The van der Waals surface area contributed by atoms with Crippen LogP contribution in [-0.4, -0.2) is 29.9 Å². The second kappa shape index (κ2) is 7.95. The Balaban J connectivity index is 2.68. The number of amides is 1. The van der Waals surface area contributed by atoms with E-state index in [1.54, 1.807) is 0 Å². The number of nitrogens with zero attached hydrogens (tertiary/aromatic N) is 1. The molecule has 3 heteroatoms. The number of carbonyl (C=O) groups is 1. The van der Waals surface area contributed by atoms with Crippen molar-refractivity contribution in [2.75, 3.05) is 13.1 Å². The van der Waals surface area contributed by atoms with Crippen molar-refractivity contribution in [3.63, 3.8) is 0 Å². The van der Waals surface area contributed by atoms with Crippen LogP contribution >= 0.6 is 0 Å². The number of likely N-dealkylation sites (N-methyl/N-ethyl adjacent to an activating group) is 1. The fraction of sp³-hybridized carbons (Fsp3) is 0.562. The highest BCUT2D eigenvalue weighted by atomic mass is 16.2. The zero-order valence-electron chi connectivity index (χ0n) is 12.5. The quantitative estimate of drug-likeness (QED) is 0.819. The van der Waals surface area contributed by atoms with Gasteiger partial charge in [0.25, 0.3) is 0 Å². The van der Waals surface area contributed by atoms with E-state index >= 15 is 0 Å². The second-order valence-corrected chi connectivity index (χ2v) is 4.77. The molecule has 0 spiro atoms. The van der Waals surface area contributed by atoms with Crippen LogP contribution < -0.4 is 5.32 Å². The topological polar surface area (TPSA) is 32.3 Å². The zero-order valence-corrected chi connectivity index (χ0v) is 12.5. The summed E-state index contributed by atoms with van der Waals surface area (Å²) >= 11 is 0. The van der Waals surface area contributed by atoms with Crippen LogP contribution in [0.25, 0.3) is 0 Å². The predicted octanol–water partition coefficient (Wildman–Crippen LogP) is 2.98. The van der Waals surface area contributed by atoms with Crippen molar-refractivity contribution in [1.82, 2.24) is 10.2 Å². The number of nitrogens with one attached hydrogen (secondary N) is 1. The largest absolute Gasteiger partial charge is 0.342 e. The number of hydrogen-bond acceptors (Lipinski definition) is 2. The number of hydrogen-bond donors (Lipinski definition) is 1. The molecule has 19 heavy (non-hydrogen) atoms. The van der Waals surface area contributed by atoms with E-state index in [2.05, 4.69) is 24.4 Å². The molecule has 1 aromatic carbocycles. The minimum Gasteiger partial charge on any atom is -0.342 e. The summed E-state index contributed by atoms with van der Waals surface area (Å²) in [4.78, 5) is 14.1. The molecule has 2 atom stereocenters. The van der Waals surface area contributed by atoms with E-state index in [1.807, 2.05) is 43.9 Å². The summed E-state index contributed by atoms with van der Waals surface area (Å²) in [5, 5.41) is 3.44. The molecule has 0 aliphatic carbocycles. The summed E-state index contributed by atoms with van der Waals surface area (Å²) in [7, 11) is 0. The maximum absolute atomic E-state index is 12.3. The Morgan fingerprint density at radius 2 is 1.74 bits per heavy atom.